The second kappa shape index (κ2) is 5.71. The topological polar surface area (TPSA) is 70.1 Å². The van der Waals surface area contributed by atoms with Crippen LogP contribution in [0.3, 0.4) is 0 Å². The van der Waals surface area contributed by atoms with Crippen molar-refractivity contribution in [2.24, 2.45) is 0 Å². The van der Waals surface area contributed by atoms with Crippen LogP contribution in [0, 0.1) is 5.82 Å². The maximum absolute atomic E-state index is 13.5. The molecule has 0 bridgehead atoms. The van der Waals surface area contributed by atoms with Crippen molar-refractivity contribution in [3.63, 3.8) is 0 Å². The Balaban J connectivity index is 1.91. The largest absolute Gasteiger partial charge is 0.459 e. The summed E-state index contributed by atoms with van der Waals surface area (Å²) in [5.74, 6) is -0.809. The van der Waals surface area contributed by atoms with Crippen LogP contribution in [0.25, 0.3) is 0 Å². The highest BCUT2D eigenvalue weighted by Crippen LogP contribution is 2.18. The highest BCUT2D eigenvalue weighted by atomic mass is 35.5. The summed E-state index contributed by atoms with van der Waals surface area (Å²) in [7, 11) is 0. The van der Waals surface area contributed by atoms with Crippen molar-refractivity contribution in [2.75, 3.05) is 5.73 Å². The zero-order chi connectivity index (χ0) is 13.8. The van der Waals surface area contributed by atoms with E-state index in [9.17, 15) is 9.18 Å². The van der Waals surface area contributed by atoms with Crippen molar-refractivity contribution in [3.8, 4) is 0 Å². The van der Waals surface area contributed by atoms with Gasteiger partial charge in [-0.25, -0.2) is 4.39 Å². The van der Waals surface area contributed by atoms with Gasteiger partial charge in [-0.05, 0) is 12.1 Å². The smallest absolute Gasteiger partial charge is 0.328 e. The van der Waals surface area contributed by atoms with Gasteiger partial charge in [0.05, 0.1) is 5.02 Å². The number of aromatic nitrogens is 2. The van der Waals surface area contributed by atoms with Gasteiger partial charge in [0.15, 0.2) is 0 Å². The lowest BCUT2D eigenvalue weighted by atomic mass is 10.2. The summed E-state index contributed by atoms with van der Waals surface area (Å²) >= 11 is 5.62. The average molecular weight is 284 g/mol. The summed E-state index contributed by atoms with van der Waals surface area (Å²) in [6.07, 6.45) is 1.55. The van der Waals surface area contributed by atoms with Crippen molar-refractivity contribution < 1.29 is 13.9 Å². The van der Waals surface area contributed by atoms with Crippen LogP contribution in [0.1, 0.15) is 5.56 Å². The molecule has 0 aliphatic heterocycles. The first-order valence-electron chi connectivity index (χ1n) is 5.43. The third kappa shape index (κ3) is 3.45. The number of nitrogens with two attached hydrogens (primary N) is 1. The number of halogens is 2. The average Bonchev–Trinajstić information content (AvgIpc) is 2.76. The molecule has 0 fully saturated rings. The van der Waals surface area contributed by atoms with E-state index in [-0.39, 0.29) is 23.7 Å². The number of anilines is 1. The van der Waals surface area contributed by atoms with Gasteiger partial charge in [0.1, 0.15) is 24.8 Å². The van der Waals surface area contributed by atoms with Gasteiger partial charge in [-0.1, -0.05) is 23.7 Å². The van der Waals surface area contributed by atoms with E-state index >= 15 is 0 Å². The predicted octanol–water partition coefficient (Wildman–Crippen LogP) is 2.00. The van der Waals surface area contributed by atoms with E-state index in [0.29, 0.717) is 5.82 Å². The Morgan fingerprint density at radius 2 is 2.26 bits per heavy atom. The third-order valence-corrected chi connectivity index (χ3v) is 2.66. The molecule has 5 nitrogen and oxygen atoms in total. The van der Waals surface area contributed by atoms with Crippen molar-refractivity contribution >= 4 is 23.4 Å². The second-order valence-electron chi connectivity index (χ2n) is 3.81. The van der Waals surface area contributed by atoms with Crippen LogP contribution in [0.4, 0.5) is 10.2 Å². The number of hydrogen-bond acceptors (Lipinski definition) is 4. The molecule has 0 aliphatic carbocycles. The lowest BCUT2D eigenvalue weighted by Gasteiger charge is -2.06. The van der Waals surface area contributed by atoms with Gasteiger partial charge in [0, 0.05) is 11.8 Å². The zero-order valence-electron chi connectivity index (χ0n) is 9.85. The second-order valence-corrected chi connectivity index (χ2v) is 4.22. The number of hydrogen-bond donors (Lipinski definition) is 1. The maximum Gasteiger partial charge on any atom is 0.328 e. The van der Waals surface area contributed by atoms with Crippen molar-refractivity contribution in [2.45, 2.75) is 13.2 Å². The summed E-state index contributed by atoms with van der Waals surface area (Å²) in [5, 5.41) is 3.83. The Kier molecular flexibility index (Phi) is 4.01. The zero-order valence-corrected chi connectivity index (χ0v) is 10.6. The molecule has 100 valence electrons. The monoisotopic (exact) mass is 283 g/mol. The van der Waals surface area contributed by atoms with Crippen molar-refractivity contribution in [1.29, 1.82) is 0 Å². The Hall–Kier alpha value is -2.08. The molecule has 0 aliphatic rings. The first-order valence-corrected chi connectivity index (χ1v) is 5.81. The van der Waals surface area contributed by atoms with Crippen LogP contribution in [0.5, 0.6) is 0 Å². The minimum atomic E-state index is -0.583. The number of benzene rings is 1. The minimum Gasteiger partial charge on any atom is -0.459 e. The van der Waals surface area contributed by atoms with Gasteiger partial charge in [-0.15, -0.1) is 0 Å². The van der Waals surface area contributed by atoms with Gasteiger partial charge >= 0.3 is 5.97 Å². The minimum absolute atomic E-state index is 0.00611. The highest BCUT2D eigenvalue weighted by Gasteiger charge is 2.10. The van der Waals surface area contributed by atoms with Crippen molar-refractivity contribution in [3.05, 3.63) is 46.9 Å². The van der Waals surface area contributed by atoms with Crippen LogP contribution in [0.15, 0.2) is 30.5 Å². The molecule has 1 heterocycles. The number of rotatable bonds is 4. The van der Waals surface area contributed by atoms with Gasteiger partial charge in [0.25, 0.3) is 0 Å². The molecule has 0 saturated carbocycles. The Morgan fingerprint density at radius 3 is 2.95 bits per heavy atom. The molecule has 0 spiro atoms. The van der Waals surface area contributed by atoms with Gasteiger partial charge in [0.2, 0.25) is 0 Å². The molecule has 19 heavy (non-hydrogen) atoms. The SMILES string of the molecule is Nc1ccn(CC(=O)OCc2cccc(Cl)c2F)n1. The van der Waals surface area contributed by atoms with E-state index < -0.39 is 11.8 Å². The predicted molar refractivity (Wildman–Crippen MR) is 67.8 cm³/mol. The number of carbonyl (C=O) groups is 1. The normalized spacial score (nSPS) is 10.4. The summed E-state index contributed by atoms with van der Waals surface area (Å²) in [5.41, 5.74) is 5.63. The fourth-order valence-electron chi connectivity index (χ4n) is 1.46. The maximum atomic E-state index is 13.5. The first kappa shape index (κ1) is 13.4. The molecule has 7 heteroatoms. The van der Waals surface area contributed by atoms with E-state index in [4.69, 9.17) is 22.1 Å². The molecule has 2 aromatic rings. The Morgan fingerprint density at radius 1 is 1.47 bits per heavy atom. The fraction of sp³-hybridized carbons (Fsp3) is 0.167. The van der Waals surface area contributed by atoms with E-state index in [0.717, 1.165) is 0 Å². The van der Waals surface area contributed by atoms with Crippen LogP contribution < -0.4 is 5.73 Å². The van der Waals surface area contributed by atoms with Gasteiger partial charge in [-0.3, -0.25) is 9.48 Å². The number of ether oxygens (including phenoxy) is 1. The van der Waals surface area contributed by atoms with Crippen LogP contribution in [0.2, 0.25) is 5.02 Å². The number of esters is 1. The van der Waals surface area contributed by atoms with Crippen LogP contribution >= 0.6 is 11.6 Å². The van der Waals surface area contributed by atoms with Crippen LogP contribution in [-0.2, 0) is 22.7 Å². The molecule has 0 saturated heterocycles. The summed E-state index contributed by atoms with van der Waals surface area (Å²) in [6, 6.07) is 6.07. The Bertz CT molecular complexity index is 600. The van der Waals surface area contributed by atoms with E-state index in [1.54, 1.807) is 18.3 Å². The van der Waals surface area contributed by atoms with E-state index in [1.807, 2.05) is 0 Å². The molecule has 0 unspecified atom stereocenters. The molecular formula is C12H11ClFN3O2. The lowest BCUT2D eigenvalue weighted by Crippen LogP contribution is -2.14. The van der Waals surface area contributed by atoms with E-state index in [1.165, 1.54) is 16.8 Å². The Labute approximate surface area is 113 Å². The quantitative estimate of drug-likeness (QED) is 0.871. The van der Waals surface area contributed by atoms with E-state index in [2.05, 4.69) is 5.10 Å². The number of nitrogen functional groups attached to an aromatic ring is 1. The molecule has 0 atom stereocenters. The van der Waals surface area contributed by atoms with Gasteiger partial charge < -0.3 is 10.5 Å². The standard InChI is InChI=1S/C12H11ClFN3O2/c13-9-3-1-2-8(12(9)14)7-19-11(18)6-17-5-4-10(15)16-17/h1-5H,6-7H2,(H2,15,16). The molecule has 1 aromatic carbocycles. The summed E-state index contributed by atoms with van der Waals surface area (Å²) in [6.45, 7) is -0.263. The van der Waals surface area contributed by atoms with Crippen molar-refractivity contribution in [1.82, 2.24) is 9.78 Å². The summed E-state index contributed by atoms with van der Waals surface area (Å²) in [4.78, 5) is 11.5. The molecule has 2 N–H and O–H groups in total. The molecule has 2 rings (SSSR count). The lowest BCUT2D eigenvalue weighted by molar-refractivity contribution is -0.145. The fourth-order valence-corrected chi connectivity index (χ4v) is 1.66. The summed E-state index contributed by atoms with van der Waals surface area (Å²) < 4.78 is 19.8. The highest BCUT2D eigenvalue weighted by molar-refractivity contribution is 6.30. The molecular weight excluding hydrogens is 273 g/mol. The number of nitrogens with zero attached hydrogens (tertiary/aromatic N) is 2. The van der Waals surface area contributed by atoms with Crippen LogP contribution in [-0.4, -0.2) is 15.7 Å². The van der Waals surface area contributed by atoms with Gasteiger partial charge in [-0.2, -0.15) is 5.10 Å². The first-order chi connectivity index (χ1) is 9.06. The molecule has 1 aromatic heterocycles. The molecule has 0 radical (unpaired) electrons. The number of carbonyl (C=O) groups excluding carboxylic acids is 1. The third-order valence-electron chi connectivity index (χ3n) is 2.37. The molecule has 0 amide bonds.